The Kier molecular flexibility index (Phi) is 5.11. The highest BCUT2D eigenvalue weighted by molar-refractivity contribution is 5.91. The molecule has 1 aliphatic heterocycles. The van der Waals surface area contributed by atoms with E-state index in [-0.39, 0.29) is 12.0 Å². The summed E-state index contributed by atoms with van der Waals surface area (Å²) >= 11 is 0. The molecule has 0 aromatic carbocycles. The molecule has 2 N–H and O–H groups in total. The van der Waals surface area contributed by atoms with Gasteiger partial charge in [0.15, 0.2) is 12.2 Å². The third kappa shape index (κ3) is 3.03. The third-order valence-corrected chi connectivity index (χ3v) is 5.95. The zero-order chi connectivity index (χ0) is 21.0. The third-order valence-electron chi connectivity index (χ3n) is 5.95. The van der Waals surface area contributed by atoms with Crippen molar-refractivity contribution in [2.45, 2.75) is 64.1 Å². The molecule has 154 valence electrons. The Balaban J connectivity index is 2.23. The molecule has 0 amide bonds. The van der Waals surface area contributed by atoms with Gasteiger partial charge in [0.1, 0.15) is 17.8 Å². The molecule has 2 fully saturated rings. The summed E-state index contributed by atoms with van der Waals surface area (Å²) < 4.78 is 16.4. The Morgan fingerprint density at radius 2 is 1.86 bits per heavy atom. The molecule has 2 aliphatic carbocycles. The molecule has 28 heavy (non-hydrogen) atoms. The molecule has 0 radical (unpaired) electrons. The van der Waals surface area contributed by atoms with E-state index in [4.69, 9.17) is 14.2 Å². The highest BCUT2D eigenvalue weighted by Gasteiger charge is 2.63. The van der Waals surface area contributed by atoms with Gasteiger partial charge in [-0.15, -0.1) is 0 Å². The van der Waals surface area contributed by atoms with Crippen LogP contribution in [0.4, 0.5) is 0 Å². The molecule has 1 saturated heterocycles. The lowest BCUT2D eigenvalue weighted by molar-refractivity contribution is -0.271. The highest BCUT2D eigenvalue weighted by atomic mass is 17.1. The molecule has 1 heterocycles. The van der Waals surface area contributed by atoms with Gasteiger partial charge in [-0.1, -0.05) is 6.58 Å². The smallest absolute Gasteiger partial charge is 0.334 e. The zero-order valence-corrected chi connectivity index (χ0v) is 16.1. The van der Waals surface area contributed by atoms with Gasteiger partial charge in [0.25, 0.3) is 0 Å². The molecular formula is C19H24O9. The van der Waals surface area contributed by atoms with Crippen LogP contribution in [0.2, 0.25) is 0 Å². The second-order valence-electron chi connectivity index (χ2n) is 7.73. The molecule has 9 heteroatoms. The first-order chi connectivity index (χ1) is 13.0. The van der Waals surface area contributed by atoms with E-state index in [1.807, 2.05) is 0 Å². The predicted molar refractivity (Wildman–Crippen MR) is 92.6 cm³/mol. The van der Waals surface area contributed by atoms with Crippen LogP contribution in [0.5, 0.6) is 0 Å². The maximum absolute atomic E-state index is 12.3. The molecule has 0 bridgehead atoms. The first kappa shape index (κ1) is 20.5. The van der Waals surface area contributed by atoms with E-state index in [2.05, 4.69) is 11.5 Å². The van der Waals surface area contributed by atoms with E-state index in [0.29, 0.717) is 11.1 Å². The van der Waals surface area contributed by atoms with E-state index >= 15 is 0 Å². The van der Waals surface area contributed by atoms with Crippen molar-refractivity contribution in [2.24, 2.45) is 11.8 Å². The molecule has 0 aromatic rings. The fourth-order valence-corrected chi connectivity index (χ4v) is 4.70. The Bertz CT molecular complexity index is 765. The number of aliphatic hydroxyl groups is 1. The van der Waals surface area contributed by atoms with Crippen LogP contribution in [0.15, 0.2) is 23.3 Å². The van der Waals surface area contributed by atoms with Crippen molar-refractivity contribution in [2.75, 3.05) is 0 Å². The van der Waals surface area contributed by atoms with Crippen LogP contribution in [0.1, 0.15) is 34.1 Å². The molecule has 0 unspecified atom stereocenters. The van der Waals surface area contributed by atoms with Crippen molar-refractivity contribution in [3.05, 3.63) is 23.3 Å². The summed E-state index contributed by atoms with van der Waals surface area (Å²) in [7, 11) is 0. The highest BCUT2D eigenvalue weighted by Crippen LogP contribution is 2.53. The van der Waals surface area contributed by atoms with Crippen LogP contribution in [0.25, 0.3) is 0 Å². The summed E-state index contributed by atoms with van der Waals surface area (Å²) in [6, 6.07) is 0. The lowest BCUT2D eigenvalue weighted by Crippen LogP contribution is -2.55. The van der Waals surface area contributed by atoms with Crippen molar-refractivity contribution in [1.29, 1.82) is 0 Å². The number of esters is 3. The second kappa shape index (κ2) is 6.98. The van der Waals surface area contributed by atoms with Crippen LogP contribution >= 0.6 is 0 Å². The van der Waals surface area contributed by atoms with Gasteiger partial charge in [-0.05, 0) is 31.4 Å². The number of hydrogen-bond donors (Lipinski definition) is 2. The summed E-state index contributed by atoms with van der Waals surface area (Å²) in [5.41, 5.74) is -0.506. The minimum Gasteiger partial charge on any atom is -0.458 e. The van der Waals surface area contributed by atoms with E-state index in [0.717, 1.165) is 0 Å². The summed E-state index contributed by atoms with van der Waals surface area (Å²) in [6.07, 6.45) is -3.91. The normalized spacial score (nSPS) is 39.8. The second-order valence-corrected chi connectivity index (χ2v) is 7.73. The van der Waals surface area contributed by atoms with Gasteiger partial charge in [-0.25, -0.2) is 9.68 Å². The Labute approximate surface area is 161 Å². The van der Waals surface area contributed by atoms with Gasteiger partial charge in [-0.2, -0.15) is 0 Å². The lowest BCUT2D eigenvalue weighted by atomic mass is 9.79. The molecular weight excluding hydrogens is 372 g/mol. The van der Waals surface area contributed by atoms with Crippen molar-refractivity contribution in [3.63, 3.8) is 0 Å². The number of ether oxygens (including phenoxy) is 3. The Morgan fingerprint density at radius 1 is 1.25 bits per heavy atom. The molecule has 3 aliphatic rings. The molecule has 0 aromatic heterocycles. The van der Waals surface area contributed by atoms with E-state index in [9.17, 15) is 24.7 Å². The number of carbonyl (C=O) groups is 3. The number of hydrogen-bond acceptors (Lipinski definition) is 9. The van der Waals surface area contributed by atoms with Crippen molar-refractivity contribution < 1.29 is 43.8 Å². The lowest BCUT2D eigenvalue weighted by Gasteiger charge is -2.39. The largest absolute Gasteiger partial charge is 0.458 e. The average Bonchev–Trinajstić information content (AvgIpc) is 3.05. The summed E-state index contributed by atoms with van der Waals surface area (Å²) in [5, 5.41) is 20.7. The number of fused-ring (bicyclic) bond motifs is 3. The van der Waals surface area contributed by atoms with Gasteiger partial charge < -0.3 is 19.3 Å². The van der Waals surface area contributed by atoms with Crippen molar-refractivity contribution in [3.8, 4) is 0 Å². The molecule has 9 nitrogen and oxygen atoms in total. The van der Waals surface area contributed by atoms with Crippen LogP contribution in [-0.4, -0.2) is 58.3 Å². The fourth-order valence-electron chi connectivity index (χ4n) is 4.70. The maximum atomic E-state index is 12.3. The van der Waals surface area contributed by atoms with Crippen LogP contribution in [0, 0.1) is 11.8 Å². The molecule has 0 spiro atoms. The van der Waals surface area contributed by atoms with Crippen LogP contribution < -0.4 is 0 Å². The summed E-state index contributed by atoms with van der Waals surface area (Å²) in [5.74, 6) is -3.56. The summed E-state index contributed by atoms with van der Waals surface area (Å²) in [6.45, 7) is 9.28. The van der Waals surface area contributed by atoms with Gasteiger partial charge in [0.2, 0.25) is 0 Å². The Morgan fingerprint density at radius 3 is 2.39 bits per heavy atom. The van der Waals surface area contributed by atoms with Gasteiger partial charge in [-0.3, -0.25) is 14.8 Å². The number of carbonyl (C=O) groups excluding carboxylic acids is 3. The van der Waals surface area contributed by atoms with E-state index in [1.54, 1.807) is 6.92 Å². The molecule has 3 rings (SSSR count). The first-order valence-corrected chi connectivity index (χ1v) is 8.98. The van der Waals surface area contributed by atoms with Crippen molar-refractivity contribution in [1.82, 2.24) is 0 Å². The molecule has 1 saturated carbocycles. The first-order valence-electron chi connectivity index (χ1n) is 8.98. The SMILES string of the molecule is C=C1C(=O)O[C@@H]2C3=C(C)[C@H](OO)C[C@H]3[C@](C)(O)[C@H](OC(C)=O)[C@H](OC(C)=O)[C@H]12. The van der Waals surface area contributed by atoms with Gasteiger partial charge >= 0.3 is 17.9 Å². The van der Waals surface area contributed by atoms with Gasteiger partial charge in [0, 0.05) is 25.3 Å². The van der Waals surface area contributed by atoms with E-state index < -0.39 is 59.8 Å². The molecule has 7 atom stereocenters. The van der Waals surface area contributed by atoms with Gasteiger partial charge in [0.05, 0.1) is 5.92 Å². The van der Waals surface area contributed by atoms with Crippen molar-refractivity contribution >= 4 is 17.9 Å². The monoisotopic (exact) mass is 396 g/mol. The Hall–Kier alpha value is -2.23. The average molecular weight is 396 g/mol. The minimum atomic E-state index is -1.70. The number of rotatable bonds is 3. The minimum absolute atomic E-state index is 0.0542. The van der Waals surface area contributed by atoms with Crippen LogP contribution in [-0.2, 0) is 33.5 Å². The standard InChI is InChI=1S/C19H24O9/c1-7-12(28-24)6-11-13(7)15-14(8(2)18(22)27-15)16(25-9(3)20)17(19(11,5)23)26-10(4)21/h11-12,14-17,23-24H,2,6H2,1,3-5H3/t11-,12-,14-,15-,16-,17-,19+/m1/s1. The zero-order valence-electron chi connectivity index (χ0n) is 16.1. The van der Waals surface area contributed by atoms with Crippen LogP contribution in [0.3, 0.4) is 0 Å². The topological polar surface area (TPSA) is 129 Å². The predicted octanol–water partition coefficient (Wildman–Crippen LogP) is 0.907. The fraction of sp³-hybridized carbons (Fsp3) is 0.632. The van der Waals surface area contributed by atoms with E-state index in [1.165, 1.54) is 20.8 Å². The maximum Gasteiger partial charge on any atom is 0.334 e. The summed E-state index contributed by atoms with van der Waals surface area (Å²) in [4.78, 5) is 40.4. The quantitative estimate of drug-likeness (QED) is 0.179.